The second-order valence-electron chi connectivity index (χ2n) is 5.21. The maximum Gasteiger partial charge on any atom is 0.344 e. The predicted molar refractivity (Wildman–Crippen MR) is 85.4 cm³/mol. The number of hydrogen-bond donors (Lipinski definition) is 1. The number of halogens is 1. The normalized spacial score (nSPS) is 14.3. The Morgan fingerprint density at radius 3 is 2.83 bits per heavy atom. The van der Waals surface area contributed by atoms with Gasteiger partial charge in [-0.2, -0.15) is 0 Å². The number of nitrogens with zero attached hydrogens (tertiary/aromatic N) is 4. The molecule has 0 spiro atoms. The number of H-pyrrole nitrogens is 1. The molecule has 1 saturated carbocycles. The van der Waals surface area contributed by atoms with E-state index in [4.69, 9.17) is 16.0 Å². The summed E-state index contributed by atoms with van der Waals surface area (Å²) in [6, 6.07) is 7.47. The average molecular weight is 350 g/mol. The molecule has 1 aliphatic rings. The van der Waals surface area contributed by atoms with Gasteiger partial charge in [-0.25, -0.2) is 9.89 Å². The van der Waals surface area contributed by atoms with Gasteiger partial charge in [0.15, 0.2) is 5.16 Å². The molecule has 0 aliphatic heterocycles. The van der Waals surface area contributed by atoms with Gasteiger partial charge in [0.2, 0.25) is 11.8 Å². The fourth-order valence-electron chi connectivity index (χ4n) is 2.19. The Labute approximate surface area is 140 Å². The number of benzene rings is 1. The molecule has 0 bridgehead atoms. The molecule has 0 amide bonds. The Kier molecular flexibility index (Phi) is 3.70. The zero-order chi connectivity index (χ0) is 15.8. The SMILES string of the molecule is O=c1[nH]nc(SCc2nnc(-c3ccc(Cl)cc3)o2)n1C1CC1. The number of aromatic nitrogens is 5. The van der Waals surface area contributed by atoms with Crippen molar-refractivity contribution in [2.45, 2.75) is 29.8 Å². The van der Waals surface area contributed by atoms with Crippen LogP contribution in [0.4, 0.5) is 0 Å². The largest absolute Gasteiger partial charge is 0.420 e. The van der Waals surface area contributed by atoms with Crippen LogP contribution >= 0.6 is 23.4 Å². The molecule has 3 aromatic rings. The van der Waals surface area contributed by atoms with Gasteiger partial charge in [-0.05, 0) is 37.1 Å². The lowest BCUT2D eigenvalue weighted by Crippen LogP contribution is -2.16. The minimum absolute atomic E-state index is 0.164. The fourth-order valence-corrected chi connectivity index (χ4v) is 3.17. The molecule has 0 radical (unpaired) electrons. The number of aromatic amines is 1. The van der Waals surface area contributed by atoms with Gasteiger partial charge in [0, 0.05) is 16.6 Å². The zero-order valence-electron chi connectivity index (χ0n) is 11.9. The van der Waals surface area contributed by atoms with Gasteiger partial charge in [0.05, 0.1) is 5.75 Å². The fraction of sp³-hybridized carbons (Fsp3) is 0.286. The van der Waals surface area contributed by atoms with E-state index in [2.05, 4.69) is 20.4 Å². The average Bonchev–Trinajstić information content (AvgIpc) is 3.15. The van der Waals surface area contributed by atoms with Crippen molar-refractivity contribution in [3.05, 3.63) is 45.7 Å². The monoisotopic (exact) mass is 349 g/mol. The highest BCUT2D eigenvalue weighted by atomic mass is 35.5. The van der Waals surface area contributed by atoms with Gasteiger partial charge in [-0.3, -0.25) is 4.57 Å². The van der Waals surface area contributed by atoms with E-state index in [1.165, 1.54) is 11.8 Å². The van der Waals surface area contributed by atoms with Crippen LogP contribution in [-0.2, 0) is 5.75 Å². The quantitative estimate of drug-likeness (QED) is 0.712. The maximum atomic E-state index is 11.7. The first-order chi connectivity index (χ1) is 11.2. The Balaban J connectivity index is 1.48. The second kappa shape index (κ2) is 5.86. The molecule has 2 heterocycles. The third kappa shape index (κ3) is 3.04. The van der Waals surface area contributed by atoms with Crippen LogP contribution in [0, 0.1) is 0 Å². The van der Waals surface area contributed by atoms with E-state index in [9.17, 15) is 4.79 Å². The van der Waals surface area contributed by atoms with Gasteiger partial charge in [-0.15, -0.1) is 15.3 Å². The first-order valence-electron chi connectivity index (χ1n) is 7.09. The lowest BCUT2D eigenvalue weighted by molar-refractivity contribution is 0.528. The van der Waals surface area contributed by atoms with Gasteiger partial charge in [0.1, 0.15) is 0 Å². The van der Waals surface area contributed by atoms with E-state index in [-0.39, 0.29) is 11.7 Å². The van der Waals surface area contributed by atoms with Crippen LogP contribution in [0.1, 0.15) is 24.8 Å². The smallest absolute Gasteiger partial charge is 0.344 e. The molecule has 7 nitrogen and oxygen atoms in total. The van der Waals surface area contributed by atoms with Gasteiger partial charge < -0.3 is 4.42 Å². The molecule has 0 unspecified atom stereocenters. The van der Waals surface area contributed by atoms with Crippen LogP contribution in [0.2, 0.25) is 5.02 Å². The number of thioether (sulfide) groups is 1. The van der Waals surface area contributed by atoms with E-state index in [0.29, 0.717) is 27.7 Å². The highest BCUT2D eigenvalue weighted by Crippen LogP contribution is 2.36. The molecule has 118 valence electrons. The van der Waals surface area contributed by atoms with Crippen LogP contribution < -0.4 is 5.69 Å². The maximum absolute atomic E-state index is 11.7. The molecule has 9 heteroatoms. The van der Waals surface area contributed by atoms with Crippen molar-refractivity contribution in [2.24, 2.45) is 0 Å². The van der Waals surface area contributed by atoms with Crippen molar-refractivity contribution in [2.75, 3.05) is 0 Å². The lowest BCUT2D eigenvalue weighted by atomic mass is 10.2. The van der Waals surface area contributed by atoms with Gasteiger partial charge in [0.25, 0.3) is 0 Å². The molecular weight excluding hydrogens is 338 g/mol. The summed E-state index contributed by atoms with van der Waals surface area (Å²) in [4.78, 5) is 11.7. The third-order valence-electron chi connectivity index (χ3n) is 3.47. The van der Waals surface area contributed by atoms with E-state index in [0.717, 1.165) is 18.4 Å². The van der Waals surface area contributed by atoms with E-state index >= 15 is 0 Å². The Hall–Kier alpha value is -2.06. The van der Waals surface area contributed by atoms with Crippen molar-refractivity contribution in [3.63, 3.8) is 0 Å². The van der Waals surface area contributed by atoms with Crippen molar-refractivity contribution in [1.29, 1.82) is 0 Å². The first kappa shape index (κ1) is 14.5. The molecular formula is C14H12ClN5O2S. The van der Waals surface area contributed by atoms with E-state index < -0.39 is 0 Å². The summed E-state index contributed by atoms with van der Waals surface area (Å²) in [6.07, 6.45) is 2.04. The zero-order valence-corrected chi connectivity index (χ0v) is 13.5. The minimum Gasteiger partial charge on any atom is -0.420 e. The van der Waals surface area contributed by atoms with Gasteiger partial charge in [-0.1, -0.05) is 23.4 Å². The summed E-state index contributed by atoms with van der Waals surface area (Å²) in [5.74, 6) is 1.38. The molecule has 1 aliphatic carbocycles. The molecule has 23 heavy (non-hydrogen) atoms. The van der Waals surface area contributed by atoms with Crippen molar-refractivity contribution >= 4 is 23.4 Å². The van der Waals surface area contributed by atoms with Crippen LogP contribution in [-0.4, -0.2) is 25.0 Å². The Morgan fingerprint density at radius 2 is 2.09 bits per heavy atom. The highest BCUT2D eigenvalue weighted by Gasteiger charge is 2.28. The molecule has 4 rings (SSSR count). The summed E-state index contributed by atoms with van der Waals surface area (Å²) in [5.41, 5.74) is 0.648. The van der Waals surface area contributed by atoms with Crippen LogP contribution in [0.25, 0.3) is 11.5 Å². The molecule has 0 atom stereocenters. The van der Waals surface area contributed by atoms with Crippen molar-refractivity contribution in [3.8, 4) is 11.5 Å². The minimum atomic E-state index is -0.164. The van der Waals surface area contributed by atoms with Crippen LogP contribution in [0.5, 0.6) is 0 Å². The van der Waals surface area contributed by atoms with E-state index in [1.807, 2.05) is 12.1 Å². The van der Waals surface area contributed by atoms with Crippen molar-refractivity contribution < 1.29 is 4.42 Å². The first-order valence-corrected chi connectivity index (χ1v) is 8.45. The molecule has 0 saturated heterocycles. The summed E-state index contributed by atoms with van der Waals surface area (Å²) in [7, 11) is 0. The molecule has 2 aromatic heterocycles. The van der Waals surface area contributed by atoms with Crippen LogP contribution in [0.3, 0.4) is 0 Å². The molecule has 1 N–H and O–H groups in total. The van der Waals surface area contributed by atoms with E-state index in [1.54, 1.807) is 16.7 Å². The summed E-state index contributed by atoms with van der Waals surface area (Å²) < 4.78 is 7.34. The molecule has 1 aromatic carbocycles. The summed E-state index contributed by atoms with van der Waals surface area (Å²) in [6.45, 7) is 0. The summed E-state index contributed by atoms with van der Waals surface area (Å²) in [5, 5.41) is 15.9. The lowest BCUT2D eigenvalue weighted by Gasteiger charge is -2.00. The number of nitrogens with one attached hydrogen (secondary N) is 1. The summed E-state index contributed by atoms with van der Waals surface area (Å²) >= 11 is 7.27. The Bertz CT molecular complexity index is 881. The van der Waals surface area contributed by atoms with Gasteiger partial charge >= 0.3 is 5.69 Å². The number of rotatable bonds is 5. The topological polar surface area (TPSA) is 89.6 Å². The standard InChI is InChI=1S/C14H12ClN5O2S/c15-9-3-1-8(2-4-9)12-17-16-11(22-12)7-23-14-19-18-13(21)20(14)10-5-6-10/h1-4,10H,5-7H2,(H,18,21). The van der Waals surface area contributed by atoms with Crippen LogP contribution in [0.15, 0.2) is 38.6 Å². The third-order valence-corrected chi connectivity index (χ3v) is 4.66. The Morgan fingerprint density at radius 1 is 1.30 bits per heavy atom. The molecule has 1 fully saturated rings. The van der Waals surface area contributed by atoms with Crippen molar-refractivity contribution in [1.82, 2.24) is 25.0 Å². The highest BCUT2D eigenvalue weighted by molar-refractivity contribution is 7.98. The second-order valence-corrected chi connectivity index (χ2v) is 6.59. The predicted octanol–water partition coefficient (Wildman–Crippen LogP) is 2.90. The number of hydrogen-bond acceptors (Lipinski definition) is 6.